The number of thioether (sulfide) groups is 1. The fraction of sp³-hybridized carbons (Fsp3) is 0.375. The van der Waals surface area contributed by atoms with E-state index in [-0.39, 0.29) is 6.17 Å². The summed E-state index contributed by atoms with van der Waals surface area (Å²) in [6.07, 6.45) is 3.40. The van der Waals surface area contributed by atoms with Crippen LogP contribution >= 0.6 is 11.8 Å². The third-order valence-corrected chi connectivity index (χ3v) is 8.33. The van der Waals surface area contributed by atoms with E-state index >= 15 is 0 Å². The van der Waals surface area contributed by atoms with Crippen molar-refractivity contribution in [1.29, 1.82) is 0 Å². The highest BCUT2D eigenvalue weighted by Gasteiger charge is 2.33. The van der Waals surface area contributed by atoms with Crippen LogP contribution in [-0.4, -0.2) is 52.4 Å². The average molecular weight is 497 g/mol. The molecule has 1 N–H and O–H groups in total. The monoisotopic (exact) mass is 496 g/mol. The maximum atomic E-state index is 12.4. The zero-order chi connectivity index (χ0) is 23.7. The second-order valence-corrected chi connectivity index (χ2v) is 11.1. The number of fused-ring (bicyclic) bond motifs is 1. The molecule has 0 saturated carbocycles. The van der Waals surface area contributed by atoms with Crippen molar-refractivity contribution in [3.63, 3.8) is 0 Å². The van der Waals surface area contributed by atoms with Gasteiger partial charge in [-0.15, -0.1) is 14.6 Å². The summed E-state index contributed by atoms with van der Waals surface area (Å²) in [6.45, 7) is 4.98. The van der Waals surface area contributed by atoms with Gasteiger partial charge in [0.15, 0.2) is 11.0 Å². The molecule has 34 heavy (non-hydrogen) atoms. The summed E-state index contributed by atoms with van der Waals surface area (Å²) in [4.78, 5) is 2.11. The first kappa shape index (κ1) is 23.1. The molecule has 0 radical (unpaired) electrons. The van der Waals surface area contributed by atoms with Crippen LogP contribution in [0.5, 0.6) is 0 Å². The number of nitrogens with one attached hydrogen (secondary N) is 1. The van der Waals surface area contributed by atoms with Gasteiger partial charge in [-0.25, -0.2) is 0 Å². The summed E-state index contributed by atoms with van der Waals surface area (Å²) in [5.74, 6) is 1.92. The number of hydrogen-bond donors (Lipinski definition) is 1. The summed E-state index contributed by atoms with van der Waals surface area (Å²) < 4.78 is 33.6. The van der Waals surface area contributed by atoms with E-state index in [1.54, 1.807) is 0 Å². The third kappa shape index (κ3) is 4.75. The van der Waals surface area contributed by atoms with Crippen molar-refractivity contribution in [3.05, 3.63) is 59.7 Å². The Morgan fingerprint density at radius 1 is 1.03 bits per heavy atom. The quantitative estimate of drug-likeness (QED) is 0.535. The number of nitrogens with zero attached hydrogens (tertiary/aromatic N) is 5. The van der Waals surface area contributed by atoms with Crippen molar-refractivity contribution in [2.75, 3.05) is 12.3 Å². The molecule has 0 aliphatic carbocycles. The van der Waals surface area contributed by atoms with E-state index in [0.29, 0.717) is 18.0 Å². The number of amidine groups is 1. The molecule has 2 aliphatic rings. The average Bonchev–Trinajstić information content (AvgIpc) is 3.10. The van der Waals surface area contributed by atoms with Crippen LogP contribution in [0.2, 0.25) is 0 Å². The number of rotatable bonds is 5. The summed E-state index contributed by atoms with van der Waals surface area (Å²) in [6, 6.07) is 16.3. The SMILES string of the molecule is Cc1ccc(-n2c(SC[C@H]3NS(=O)(=O)N=C4CCCCCN43)nnc2-c2ccccc2)cc1C. The number of aryl methyl sites for hydroxylation is 2. The second-order valence-electron chi connectivity index (χ2n) is 8.71. The Morgan fingerprint density at radius 3 is 2.65 bits per heavy atom. The third-order valence-electron chi connectivity index (χ3n) is 6.30. The molecule has 0 amide bonds. The van der Waals surface area contributed by atoms with E-state index < -0.39 is 10.2 Å². The minimum absolute atomic E-state index is 0.370. The van der Waals surface area contributed by atoms with E-state index in [0.717, 1.165) is 48.0 Å². The van der Waals surface area contributed by atoms with E-state index in [1.807, 2.05) is 30.3 Å². The molecule has 1 atom stereocenters. The molecule has 2 aliphatic heterocycles. The highest BCUT2D eigenvalue weighted by Crippen LogP contribution is 2.30. The van der Waals surface area contributed by atoms with Gasteiger partial charge in [-0.3, -0.25) is 4.57 Å². The fourth-order valence-electron chi connectivity index (χ4n) is 4.36. The minimum Gasteiger partial charge on any atom is -0.342 e. The first-order valence-electron chi connectivity index (χ1n) is 11.5. The lowest BCUT2D eigenvalue weighted by molar-refractivity contribution is 0.310. The summed E-state index contributed by atoms with van der Waals surface area (Å²) in [7, 11) is -3.69. The van der Waals surface area contributed by atoms with Crippen molar-refractivity contribution < 1.29 is 8.42 Å². The van der Waals surface area contributed by atoms with E-state index in [1.165, 1.54) is 22.9 Å². The van der Waals surface area contributed by atoms with Crippen LogP contribution in [0.25, 0.3) is 17.1 Å². The van der Waals surface area contributed by atoms with Crippen LogP contribution in [0, 0.1) is 13.8 Å². The lowest BCUT2D eigenvalue weighted by Gasteiger charge is -2.35. The zero-order valence-electron chi connectivity index (χ0n) is 19.3. The van der Waals surface area contributed by atoms with Gasteiger partial charge in [-0.1, -0.05) is 54.6 Å². The van der Waals surface area contributed by atoms with Gasteiger partial charge in [-0.2, -0.15) is 13.1 Å². The molecule has 178 valence electrons. The van der Waals surface area contributed by atoms with Crippen LogP contribution in [0.4, 0.5) is 0 Å². The Bertz CT molecular complexity index is 1320. The van der Waals surface area contributed by atoms with Gasteiger partial charge >= 0.3 is 10.2 Å². The van der Waals surface area contributed by atoms with Gasteiger partial charge in [0.2, 0.25) is 0 Å². The van der Waals surface area contributed by atoms with Gasteiger partial charge in [-0.05, 0) is 49.9 Å². The fourth-order valence-corrected chi connectivity index (χ4v) is 6.54. The molecular weight excluding hydrogens is 468 g/mol. The highest BCUT2D eigenvalue weighted by atomic mass is 32.2. The molecule has 10 heteroatoms. The van der Waals surface area contributed by atoms with E-state index in [9.17, 15) is 8.42 Å². The molecule has 1 fully saturated rings. The van der Waals surface area contributed by atoms with Crippen molar-refractivity contribution in [3.8, 4) is 17.1 Å². The predicted molar refractivity (Wildman–Crippen MR) is 135 cm³/mol. The molecule has 1 aromatic heterocycles. The van der Waals surface area contributed by atoms with Gasteiger partial charge in [0.25, 0.3) is 0 Å². The summed E-state index contributed by atoms with van der Waals surface area (Å²) in [5.41, 5.74) is 4.36. The Balaban J connectivity index is 1.49. The van der Waals surface area contributed by atoms with E-state index in [2.05, 4.69) is 60.8 Å². The Labute approximate surface area is 204 Å². The molecule has 8 nitrogen and oxygen atoms in total. The standard InChI is InChI=1S/C24H28N6O2S2/c1-17-12-13-20(15-18(17)2)30-23(19-9-5-3-6-10-19)25-26-24(30)33-16-22-28-34(31,32)27-21-11-7-4-8-14-29(21)22/h3,5-6,9-10,12-13,15,22,28H,4,7-8,11,14,16H2,1-2H3/t22-/m0/s1. The van der Waals surface area contributed by atoms with Crippen LogP contribution in [0.3, 0.4) is 0 Å². The summed E-state index contributed by atoms with van der Waals surface area (Å²) in [5, 5.41) is 9.76. The first-order valence-corrected chi connectivity index (χ1v) is 13.9. The first-order chi connectivity index (χ1) is 16.4. The minimum atomic E-state index is -3.69. The van der Waals surface area contributed by atoms with Gasteiger partial charge in [0, 0.05) is 24.3 Å². The lowest BCUT2D eigenvalue weighted by Crippen LogP contribution is -2.55. The molecular formula is C24H28N6O2S2. The second kappa shape index (κ2) is 9.52. The topological polar surface area (TPSA) is 92.5 Å². The van der Waals surface area contributed by atoms with Crippen molar-refractivity contribution in [1.82, 2.24) is 24.4 Å². The molecule has 3 aromatic rings. The summed E-state index contributed by atoms with van der Waals surface area (Å²) >= 11 is 1.50. The Hall–Kier alpha value is -2.69. The van der Waals surface area contributed by atoms with Crippen molar-refractivity contribution in [2.24, 2.45) is 4.40 Å². The smallest absolute Gasteiger partial charge is 0.323 e. The largest absolute Gasteiger partial charge is 0.342 e. The molecule has 5 rings (SSSR count). The molecule has 2 aromatic carbocycles. The molecule has 0 bridgehead atoms. The van der Waals surface area contributed by atoms with Gasteiger partial charge < -0.3 is 4.90 Å². The molecule has 1 saturated heterocycles. The van der Waals surface area contributed by atoms with E-state index in [4.69, 9.17) is 0 Å². The highest BCUT2D eigenvalue weighted by molar-refractivity contribution is 7.99. The zero-order valence-corrected chi connectivity index (χ0v) is 20.9. The maximum Gasteiger partial charge on any atom is 0.323 e. The van der Waals surface area contributed by atoms with Crippen molar-refractivity contribution >= 4 is 27.8 Å². The van der Waals surface area contributed by atoms with Crippen molar-refractivity contribution in [2.45, 2.75) is 50.9 Å². The predicted octanol–water partition coefficient (Wildman–Crippen LogP) is 4.09. The Morgan fingerprint density at radius 2 is 1.85 bits per heavy atom. The number of hydrogen-bond acceptors (Lipinski definition) is 6. The Kier molecular flexibility index (Phi) is 6.46. The number of aromatic nitrogens is 3. The van der Waals surface area contributed by atoms with Gasteiger partial charge in [0.05, 0.1) is 5.69 Å². The van der Waals surface area contributed by atoms with Crippen LogP contribution in [0.15, 0.2) is 58.1 Å². The maximum absolute atomic E-state index is 12.4. The lowest BCUT2D eigenvalue weighted by atomic mass is 10.1. The molecule has 3 heterocycles. The molecule has 0 unspecified atom stereocenters. The normalized spacial score (nSPS) is 19.9. The van der Waals surface area contributed by atoms with Gasteiger partial charge in [0.1, 0.15) is 12.0 Å². The van der Waals surface area contributed by atoms with Crippen LogP contribution in [-0.2, 0) is 10.2 Å². The number of benzene rings is 2. The van der Waals surface area contributed by atoms with Crippen LogP contribution < -0.4 is 4.72 Å². The molecule has 0 spiro atoms. The van der Waals surface area contributed by atoms with Crippen LogP contribution in [0.1, 0.15) is 36.8 Å².